The Hall–Kier alpha value is -1.16. The Labute approximate surface area is 103 Å². The van der Waals surface area contributed by atoms with Gasteiger partial charge < -0.3 is 5.32 Å². The molecular formula is C12H14BrNO2. The van der Waals surface area contributed by atoms with Crippen molar-refractivity contribution in [2.75, 3.05) is 10.6 Å². The first-order valence-corrected chi connectivity index (χ1v) is 6.24. The van der Waals surface area contributed by atoms with Crippen LogP contribution in [-0.2, 0) is 16.0 Å². The Morgan fingerprint density at radius 1 is 1.25 bits per heavy atom. The van der Waals surface area contributed by atoms with Crippen LogP contribution >= 0.6 is 15.9 Å². The standard InChI is InChI=1S/C12H14BrNO2/c1-2-9-3-5-10(6-4-9)14-12(16)7-11(15)8-13/h3-6H,2,7-8H2,1H3,(H,14,16). The summed E-state index contributed by atoms with van der Waals surface area (Å²) in [6.07, 6.45) is 0.886. The van der Waals surface area contributed by atoms with Gasteiger partial charge in [0, 0.05) is 5.69 Å². The van der Waals surface area contributed by atoms with Crippen LogP contribution in [0.1, 0.15) is 18.9 Å². The van der Waals surface area contributed by atoms with E-state index in [0.29, 0.717) is 0 Å². The molecule has 0 spiro atoms. The third-order valence-electron chi connectivity index (χ3n) is 2.15. The van der Waals surface area contributed by atoms with Crippen LogP contribution in [0.15, 0.2) is 24.3 Å². The number of aryl methyl sites for hydroxylation is 1. The number of anilines is 1. The molecule has 1 N–H and O–H groups in total. The van der Waals surface area contributed by atoms with Gasteiger partial charge in [-0.1, -0.05) is 35.0 Å². The van der Waals surface area contributed by atoms with Crippen LogP contribution in [0.2, 0.25) is 0 Å². The summed E-state index contributed by atoms with van der Waals surface area (Å²) in [4.78, 5) is 22.4. The van der Waals surface area contributed by atoms with E-state index in [4.69, 9.17) is 0 Å². The maximum Gasteiger partial charge on any atom is 0.231 e. The Kier molecular flexibility index (Phi) is 5.19. The highest BCUT2D eigenvalue weighted by Crippen LogP contribution is 2.10. The first kappa shape index (κ1) is 12.9. The lowest BCUT2D eigenvalue weighted by Gasteiger charge is -2.04. The number of halogens is 1. The number of carbonyl (C=O) groups excluding carboxylic acids is 2. The van der Waals surface area contributed by atoms with Crippen LogP contribution in [0.3, 0.4) is 0 Å². The second kappa shape index (κ2) is 6.43. The third kappa shape index (κ3) is 4.14. The van der Waals surface area contributed by atoms with E-state index in [1.165, 1.54) is 5.56 Å². The van der Waals surface area contributed by atoms with Gasteiger partial charge in [0.25, 0.3) is 0 Å². The number of hydrogen-bond donors (Lipinski definition) is 1. The predicted octanol–water partition coefficient (Wildman–Crippen LogP) is 2.54. The number of Topliss-reactive ketones (excluding diaryl/α,β-unsaturated/α-hetero) is 1. The van der Waals surface area contributed by atoms with Crippen LogP contribution in [0.5, 0.6) is 0 Å². The zero-order valence-corrected chi connectivity index (χ0v) is 10.7. The molecule has 1 rings (SSSR count). The van der Waals surface area contributed by atoms with Crippen molar-refractivity contribution in [1.82, 2.24) is 0 Å². The normalized spacial score (nSPS) is 9.88. The lowest BCUT2D eigenvalue weighted by atomic mass is 10.1. The molecule has 3 nitrogen and oxygen atoms in total. The first-order chi connectivity index (χ1) is 7.65. The molecule has 16 heavy (non-hydrogen) atoms. The lowest BCUT2D eigenvalue weighted by molar-refractivity contribution is -0.123. The Morgan fingerprint density at radius 2 is 1.88 bits per heavy atom. The summed E-state index contributed by atoms with van der Waals surface area (Å²) in [6, 6.07) is 7.61. The van der Waals surface area contributed by atoms with Crippen molar-refractivity contribution in [2.24, 2.45) is 0 Å². The Bertz CT molecular complexity index is 373. The molecule has 1 aromatic rings. The second-order valence-electron chi connectivity index (χ2n) is 3.45. The van der Waals surface area contributed by atoms with Crippen LogP contribution in [0.4, 0.5) is 5.69 Å². The maximum atomic E-state index is 11.4. The number of hydrogen-bond acceptors (Lipinski definition) is 2. The topological polar surface area (TPSA) is 46.2 Å². The van der Waals surface area contributed by atoms with Crippen molar-refractivity contribution < 1.29 is 9.59 Å². The van der Waals surface area contributed by atoms with E-state index in [2.05, 4.69) is 28.2 Å². The van der Waals surface area contributed by atoms with Gasteiger partial charge in [-0.3, -0.25) is 9.59 Å². The summed E-state index contributed by atoms with van der Waals surface area (Å²) in [6.45, 7) is 2.07. The van der Waals surface area contributed by atoms with Gasteiger partial charge in [-0.05, 0) is 24.1 Å². The number of amides is 1. The van der Waals surface area contributed by atoms with E-state index in [9.17, 15) is 9.59 Å². The molecule has 4 heteroatoms. The molecule has 0 atom stereocenters. The molecule has 0 aliphatic heterocycles. The van der Waals surface area contributed by atoms with E-state index in [1.807, 2.05) is 24.3 Å². The van der Waals surface area contributed by atoms with Gasteiger partial charge >= 0.3 is 0 Å². The van der Waals surface area contributed by atoms with Crippen LogP contribution in [0.25, 0.3) is 0 Å². The highest BCUT2D eigenvalue weighted by Gasteiger charge is 2.07. The summed E-state index contributed by atoms with van der Waals surface area (Å²) in [5.41, 5.74) is 1.94. The monoisotopic (exact) mass is 283 g/mol. The molecule has 0 saturated heterocycles. The molecule has 0 unspecified atom stereocenters. The zero-order chi connectivity index (χ0) is 12.0. The van der Waals surface area contributed by atoms with E-state index in [-0.39, 0.29) is 23.4 Å². The number of benzene rings is 1. The molecule has 0 radical (unpaired) electrons. The van der Waals surface area contributed by atoms with Crippen LogP contribution in [0, 0.1) is 0 Å². The molecule has 0 heterocycles. The molecule has 0 aromatic heterocycles. The number of nitrogens with one attached hydrogen (secondary N) is 1. The van der Waals surface area contributed by atoms with Gasteiger partial charge in [0.05, 0.1) is 11.8 Å². The SMILES string of the molecule is CCc1ccc(NC(=O)CC(=O)CBr)cc1. The maximum absolute atomic E-state index is 11.4. The van der Waals surface area contributed by atoms with Gasteiger partial charge in [-0.2, -0.15) is 0 Å². The summed E-state index contributed by atoms with van der Waals surface area (Å²) in [5, 5.41) is 2.90. The molecule has 1 aromatic carbocycles. The molecular weight excluding hydrogens is 270 g/mol. The molecule has 0 fully saturated rings. The highest BCUT2D eigenvalue weighted by molar-refractivity contribution is 9.09. The van der Waals surface area contributed by atoms with E-state index >= 15 is 0 Å². The minimum atomic E-state index is -0.270. The number of alkyl halides is 1. The third-order valence-corrected chi connectivity index (χ3v) is 2.78. The van der Waals surface area contributed by atoms with Crippen LogP contribution < -0.4 is 5.32 Å². The number of rotatable bonds is 5. The molecule has 1 amide bonds. The fourth-order valence-corrected chi connectivity index (χ4v) is 1.45. The quantitative estimate of drug-likeness (QED) is 0.667. The van der Waals surface area contributed by atoms with Crippen LogP contribution in [-0.4, -0.2) is 17.0 Å². The average Bonchev–Trinajstić information content (AvgIpc) is 2.29. The molecule has 86 valence electrons. The average molecular weight is 284 g/mol. The minimum Gasteiger partial charge on any atom is -0.326 e. The highest BCUT2D eigenvalue weighted by atomic mass is 79.9. The van der Waals surface area contributed by atoms with Gasteiger partial charge in [0.1, 0.15) is 0 Å². The predicted molar refractivity (Wildman–Crippen MR) is 67.9 cm³/mol. The van der Waals surface area contributed by atoms with Crippen molar-refractivity contribution in [3.63, 3.8) is 0 Å². The smallest absolute Gasteiger partial charge is 0.231 e. The van der Waals surface area contributed by atoms with E-state index in [0.717, 1.165) is 12.1 Å². The van der Waals surface area contributed by atoms with Crippen molar-refractivity contribution >= 4 is 33.3 Å². The Morgan fingerprint density at radius 3 is 2.38 bits per heavy atom. The summed E-state index contributed by atoms with van der Waals surface area (Å²) >= 11 is 3.02. The zero-order valence-electron chi connectivity index (χ0n) is 9.13. The van der Waals surface area contributed by atoms with Gasteiger partial charge in [0.2, 0.25) is 5.91 Å². The summed E-state index contributed by atoms with van der Waals surface area (Å²) in [5.74, 6) is -0.392. The molecule has 0 aliphatic rings. The van der Waals surface area contributed by atoms with Crippen molar-refractivity contribution in [3.8, 4) is 0 Å². The van der Waals surface area contributed by atoms with Gasteiger partial charge in [-0.15, -0.1) is 0 Å². The van der Waals surface area contributed by atoms with Crippen molar-refractivity contribution in [2.45, 2.75) is 19.8 Å². The number of carbonyl (C=O) groups is 2. The molecule has 0 aliphatic carbocycles. The molecule has 0 saturated carbocycles. The van der Waals surface area contributed by atoms with Gasteiger partial charge in [-0.25, -0.2) is 0 Å². The fraction of sp³-hybridized carbons (Fsp3) is 0.333. The minimum absolute atomic E-state index is 0.0826. The van der Waals surface area contributed by atoms with Crippen molar-refractivity contribution in [1.29, 1.82) is 0 Å². The first-order valence-electron chi connectivity index (χ1n) is 5.12. The fourth-order valence-electron chi connectivity index (χ4n) is 1.26. The van der Waals surface area contributed by atoms with Gasteiger partial charge in [0.15, 0.2) is 5.78 Å². The lowest BCUT2D eigenvalue weighted by Crippen LogP contribution is -2.16. The Balaban J connectivity index is 2.52. The van der Waals surface area contributed by atoms with Crippen molar-refractivity contribution in [3.05, 3.63) is 29.8 Å². The van der Waals surface area contributed by atoms with E-state index < -0.39 is 0 Å². The number of ketones is 1. The second-order valence-corrected chi connectivity index (χ2v) is 4.01. The summed E-state index contributed by atoms with van der Waals surface area (Å²) in [7, 11) is 0. The summed E-state index contributed by atoms with van der Waals surface area (Å²) < 4.78 is 0. The van der Waals surface area contributed by atoms with E-state index in [1.54, 1.807) is 0 Å². The largest absolute Gasteiger partial charge is 0.326 e. The molecule has 0 bridgehead atoms.